The van der Waals surface area contributed by atoms with Crippen molar-refractivity contribution < 1.29 is 0 Å². The molecule has 0 spiro atoms. The molecule has 0 bridgehead atoms. The molecule has 0 N–H and O–H groups in total. The Labute approximate surface area is 109 Å². The van der Waals surface area contributed by atoms with E-state index in [1.807, 2.05) is 0 Å². The molecular weight excluding hydrogens is 314 g/mol. The second-order valence-electron chi connectivity index (χ2n) is 5.22. The molecule has 0 saturated carbocycles. The van der Waals surface area contributed by atoms with Gasteiger partial charge in [-0.2, -0.15) is 0 Å². The molecule has 17 heavy (non-hydrogen) atoms. The van der Waals surface area contributed by atoms with Crippen LogP contribution in [0.15, 0.2) is 60.7 Å². The summed E-state index contributed by atoms with van der Waals surface area (Å²) in [5.74, 6) is 0. The van der Waals surface area contributed by atoms with E-state index in [0.29, 0.717) is 0 Å². The van der Waals surface area contributed by atoms with Gasteiger partial charge in [0.15, 0.2) is 0 Å². The van der Waals surface area contributed by atoms with Crippen molar-refractivity contribution in [1.82, 2.24) is 0 Å². The van der Waals surface area contributed by atoms with E-state index >= 15 is 0 Å². The summed E-state index contributed by atoms with van der Waals surface area (Å²) in [6, 6.07) is 21.9. The number of hydrogen-bond donors (Lipinski definition) is 0. The van der Waals surface area contributed by atoms with Gasteiger partial charge in [-0.25, -0.2) is 0 Å². The number of benzene rings is 2. The molecule has 1 heteroatoms. The first kappa shape index (κ1) is 12.7. The topological polar surface area (TPSA) is 0 Å². The van der Waals surface area contributed by atoms with Gasteiger partial charge in [0.2, 0.25) is 0 Å². The molecule has 0 aliphatic heterocycles. The zero-order chi connectivity index (χ0) is 12.1. The van der Waals surface area contributed by atoms with Gasteiger partial charge in [-0.3, -0.25) is 0 Å². The third kappa shape index (κ3) is 4.20. The fourth-order valence-corrected chi connectivity index (χ4v) is 9.38. The SMILES string of the molecule is [CH3][Sb+]([CH3])([CH2]c1ccccc1)[CH2]c1ccccc1. The van der Waals surface area contributed by atoms with Gasteiger partial charge in [0.05, 0.1) is 0 Å². The fraction of sp³-hybridized carbons (Fsp3) is 0.250. The zero-order valence-electron chi connectivity index (χ0n) is 10.6. The second kappa shape index (κ2) is 5.73. The zero-order valence-corrected chi connectivity index (χ0v) is 13.2. The molecule has 0 radical (unpaired) electrons. The average molecular weight is 334 g/mol. The molecule has 0 aliphatic rings. The molecule has 0 nitrogen and oxygen atoms in total. The molecule has 2 aromatic carbocycles. The van der Waals surface area contributed by atoms with Crippen LogP contribution in [-0.2, 0) is 8.73 Å². The van der Waals surface area contributed by atoms with Crippen molar-refractivity contribution in [3.8, 4) is 0 Å². The van der Waals surface area contributed by atoms with Crippen molar-refractivity contribution >= 4 is 18.8 Å². The van der Waals surface area contributed by atoms with E-state index in [-0.39, 0.29) is 0 Å². The summed E-state index contributed by atoms with van der Waals surface area (Å²) in [7, 11) is 0. The molecule has 0 aliphatic carbocycles. The Morgan fingerprint density at radius 1 is 0.647 bits per heavy atom. The summed E-state index contributed by atoms with van der Waals surface area (Å²) in [5.41, 5.74) is 3.03. The van der Waals surface area contributed by atoms with E-state index in [2.05, 4.69) is 70.4 Å². The Balaban J connectivity index is 2.04. The Morgan fingerprint density at radius 3 is 1.35 bits per heavy atom. The van der Waals surface area contributed by atoms with Gasteiger partial charge in [-0.05, 0) is 0 Å². The van der Waals surface area contributed by atoms with Gasteiger partial charge in [0.25, 0.3) is 0 Å². The number of rotatable bonds is 4. The van der Waals surface area contributed by atoms with Gasteiger partial charge in [0.1, 0.15) is 0 Å². The first-order valence-electron chi connectivity index (χ1n) is 6.06. The van der Waals surface area contributed by atoms with Crippen LogP contribution in [0.2, 0.25) is 9.74 Å². The molecule has 2 aromatic rings. The molecule has 0 saturated heterocycles. The Bertz CT molecular complexity index is 402. The predicted octanol–water partition coefficient (Wildman–Crippen LogP) is 4.26. The van der Waals surface area contributed by atoms with Crippen molar-refractivity contribution in [3.63, 3.8) is 0 Å². The molecule has 0 aromatic heterocycles. The first-order valence-corrected chi connectivity index (χ1v) is 14.8. The van der Waals surface area contributed by atoms with Crippen LogP contribution < -0.4 is 0 Å². The Kier molecular flexibility index (Phi) is 4.29. The van der Waals surface area contributed by atoms with E-state index in [1.165, 1.54) is 19.9 Å². The fourth-order valence-electron chi connectivity index (χ4n) is 2.21. The Hall–Kier alpha value is -0.742. The quantitative estimate of drug-likeness (QED) is 0.733. The van der Waals surface area contributed by atoms with Crippen molar-refractivity contribution in [2.24, 2.45) is 0 Å². The predicted molar refractivity (Wildman–Crippen MR) is 77.8 cm³/mol. The third-order valence-corrected chi connectivity index (χ3v) is 9.88. The van der Waals surface area contributed by atoms with Crippen LogP contribution in [0.3, 0.4) is 0 Å². The molecule has 0 fully saturated rings. The summed E-state index contributed by atoms with van der Waals surface area (Å²) >= 11 is -1.84. The summed E-state index contributed by atoms with van der Waals surface area (Å²) < 4.78 is 2.66. The standard InChI is InChI=1S/2C7H7.2CH3.Sb/c2*1-7-5-3-2-4-6-7;;;/h2*2-6H,1H2;2*1H3;/q;;;;+1. The normalized spacial score (nSPS) is 11.4. The minimum atomic E-state index is -1.84. The van der Waals surface area contributed by atoms with Crippen molar-refractivity contribution in [2.45, 2.75) is 18.5 Å². The van der Waals surface area contributed by atoms with Crippen LogP contribution in [0, 0.1) is 0 Å². The van der Waals surface area contributed by atoms with Gasteiger partial charge in [-0.15, -0.1) is 0 Å². The third-order valence-electron chi connectivity index (χ3n) is 2.91. The van der Waals surface area contributed by atoms with Crippen LogP contribution in [-0.4, -0.2) is 18.8 Å². The van der Waals surface area contributed by atoms with E-state index in [0.717, 1.165) is 0 Å². The first-order chi connectivity index (χ1) is 8.16. The second-order valence-corrected chi connectivity index (χ2v) is 18.1. The van der Waals surface area contributed by atoms with Crippen LogP contribution in [0.25, 0.3) is 0 Å². The van der Waals surface area contributed by atoms with Gasteiger partial charge < -0.3 is 0 Å². The maximum atomic E-state index is 2.54. The number of hydrogen-bond acceptors (Lipinski definition) is 0. The van der Waals surface area contributed by atoms with Crippen LogP contribution in [0.5, 0.6) is 0 Å². The summed E-state index contributed by atoms with van der Waals surface area (Å²) in [6.45, 7) is 0. The van der Waals surface area contributed by atoms with Gasteiger partial charge in [-0.1, -0.05) is 0 Å². The molecule has 88 valence electrons. The van der Waals surface area contributed by atoms with E-state index in [1.54, 1.807) is 0 Å². The van der Waals surface area contributed by atoms with Crippen molar-refractivity contribution in [3.05, 3.63) is 71.8 Å². The molecule has 0 heterocycles. The molecule has 0 atom stereocenters. The summed E-state index contributed by atoms with van der Waals surface area (Å²) in [5, 5.41) is 0. The van der Waals surface area contributed by atoms with Crippen molar-refractivity contribution in [1.29, 1.82) is 0 Å². The molecule has 0 unspecified atom stereocenters. The minimum absolute atomic E-state index is 1.33. The summed E-state index contributed by atoms with van der Waals surface area (Å²) in [4.78, 5) is 5.08. The Morgan fingerprint density at radius 2 is 1.00 bits per heavy atom. The van der Waals surface area contributed by atoms with E-state index in [4.69, 9.17) is 0 Å². The van der Waals surface area contributed by atoms with Crippen LogP contribution in [0.4, 0.5) is 0 Å². The summed E-state index contributed by atoms with van der Waals surface area (Å²) in [6.07, 6.45) is 0. The monoisotopic (exact) mass is 333 g/mol. The van der Waals surface area contributed by atoms with Gasteiger partial charge in [0, 0.05) is 0 Å². The molecular formula is C16H20Sb+. The van der Waals surface area contributed by atoms with Crippen molar-refractivity contribution in [2.75, 3.05) is 0 Å². The molecule has 0 amide bonds. The molecule has 2 rings (SSSR count). The average Bonchev–Trinajstić information content (AvgIpc) is 2.30. The van der Waals surface area contributed by atoms with Gasteiger partial charge >= 0.3 is 109 Å². The van der Waals surface area contributed by atoms with E-state index < -0.39 is 18.8 Å². The van der Waals surface area contributed by atoms with Crippen LogP contribution >= 0.6 is 0 Å². The maximum absolute atomic E-state index is 2.54. The van der Waals surface area contributed by atoms with E-state index in [9.17, 15) is 0 Å². The van der Waals surface area contributed by atoms with Crippen LogP contribution in [0.1, 0.15) is 11.1 Å².